The van der Waals surface area contributed by atoms with Crippen molar-refractivity contribution in [1.29, 1.82) is 0 Å². The van der Waals surface area contributed by atoms with Crippen LogP contribution in [0.2, 0.25) is 0 Å². The van der Waals surface area contributed by atoms with Gasteiger partial charge in [0, 0.05) is 18.6 Å². The van der Waals surface area contributed by atoms with Crippen molar-refractivity contribution in [3.05, 3.63) is 29.8 Å². The molecule has 1 aromatic rings. The number of hydrogen-bond acceptors (Lipinski definition) is 3. The van der Waals surface area contributed by atoms with E-state index in [2.05, 4.69) is 62.2 Å². The van der Waals surface area contributed by atoms with E-state index in [9.17, 15) is 0 Å². The molecule has 0 saturated carbocycles. The molecule has 0 spiro atoms. The van der Waals surface area contributed by atoms with Crippen molar-refractivity contribution < 1.29 is 4.74 Å². The maximum Gasteiger partial charge on any atom is 0.119 e. The van der Waals surface area contributed by atoms with E-state index in [-0.39, 0.29) is 6.10 Å². The lowest BCUT2D eigenvalue weighted by atomic mass is 10.0. The second-order valence-corrected chi connectivity index (χ2v) is 6.30. The summed E-state index contributed by atoms with van der Waals surface area (Å²) in [7, 11) is 0. The van der Waals surface area contributed by atoms with Crippen LogP contribution in [0.1, 0.15) is 52.1 Å². The van der Waals surface area contributed by atoms with Crippen LogP contribution >= 0.6 is 0 Å². The third-order valence-corrected chi connectivity index (χ3v) is 4.22. The number of rotatable bonds is 7. The summed E-state index contributed by atoms with van der Waals surface area (Å²) < 4.78 is 5.73. The second-order valence-electron chi connectivity index (χ2n) is 6.30. The highest BCUT2D eigenvalue weighted by Gasteiger charge is 2.26. The molecule has 0 bridgehead atoms. The second kappa shape index (κ2) is 7.81. The standard InChI is InChI=1S/C18H30N2O/c1-5-12-20(17-10-11-19-13-17)15(4)16-6-8-18(9-7-16)21-14(2)3/h6-9,14-15,17,19H,5,10-13H2,1-4H3. The Hall–Kier alpha value is -1.06. The van der Waals surface area contributed by atoms with Crippen LogP contribution in [-0.2, 0) is 0 Å². The van der Waals surface area contributed by atoms with Crippen LogP contribution in [0.15, 0.2) is 24.3 Å². The summed E-state index contributed by atoms with van der Waals surface area (Å²) in [6.45, 7) is 12.2. The van der Waals surface area contributed by atoms with Crippen LogP contribution in [-0.4, -0.2) is 36.7 Å². The highest BCUT2D eigenvalue weighted by atomic mass is 16.5. The lowest BCUT2D eigenvalue weighted by Gasteiger charge is -2.34. The monoisotopic (exact) mass is 290 g/mol. The molecule has 21 heavy (non-hydrogen) atoms. The molecular weight excluding hydrogens is 260 g/mol. The molecule has 1 N–H and O–H groups in total. The molecule has 1 saturated heterocycles. The Kier molecular flexibility index (Phi) is 6.07. The van der Waals surface area contributed by atoms with E-state index in [0.717, 1.165) is 25.4 Å². The zero-order chi connectivity index (χ0) is 15.2. The van der Waals surface area contributed by atoms with Crippen LogP contribution in [0.5, 0.6) is 5.75 Å². The molecule has 2 atom stereocenters. The molecule has 1 aliphatic rings. The van der Waals surface area contributed by atoms with Gasteiger partial charge in [-0.3, -0.25) is 4.90 Å². The number of nitrogens with one attached hydrogen (secondary N) is 1. The Morgan fingerprint density at radius 1 is 1.24 bits per heavy atom. The Morgan fingerprint density at radius 3 is 2.48 bits per heavy atom. The van der Waals surface area contributed by atoms with E-state index in [0.29, 0.717) is 12.1 Å². The fourth-order valence-corrected chi connectivity index (χ4v) is 3.16. The van der Waals surface area contributed by atoms with E-state index < -0.39 is 0 Å². The van der Waals surface area contributed by atoms with Gasteiger partial charge in [-0.1, -0.05) is 19.1 Å². The summed E-state index contributed by atoms with van der Waals surface area (Å²) in [6.07, 6.45) is 2.70. The minimum absolute atomic E-state index is 0.231. The number of ether oxygens (including phenoxy) is 1. The van der Waals surface area contributed by atoms with Crippen molar-refractivity contribution in [3.8, 4) is 5.75 Å². The van der Waals surface area contributed by atoms with Gasteiger partial charge >= 0.3 is 0 Å². The zero-order valence-corrected chi connectivity index (χ0v) is 13.9. The summed E-state index contributed by atoms with van der Waals surface area (Å²) in [6, 6.07) is 9.77. The van der Waals surface area contributed by atoms with E-state index in [4.69, 9.17) is 4.74 Å². The molecule has 118 valence electrons. The van der Waals surface area contributed by atoms with Gasteiger partial charge in [-0.05, 0) is 64.4 Å². The zero-order valence-electron chi connectivity index (χ0n) is 13.9. The Balaban J connectivity index is 2.06. The first kappa shape index (κ1) is 16.3. The maximum absolute atomic E-state index is 5.73. The highest BCUT2D eigenvalue weighted by Crippen LogP contribution is 2.26. The molecule has 0 radical (unpaired) electrons. The third kappa shape index (κ3) is 4.45. The Labute approximate surface area is 129 Å². The fraction of sp³-hybridized carbons (Fsp3) is 0.667. The lowest BCUT2D eigenvalue weighted by Crippen LogP contribution is -2.39. The molecule has 1 aromatic carbocycles. The van der Waals surface area contributed by atoms with Crippen molar-refractivity contribution in [2.75, 3.05) is 19.6 Å². The average molecular weight is 290 g/mol. The van der Waals surface area contributed by atoms with Crippen molar-refractivity contribution in [1.82, 2.24) is 10.2 Å². The first-order valence-corrected chi connectivity index (χ1v) is 8.35. The largest absolute Gasteiger partial charge is 0.491 e. The molecule has 2 rings (SSSR count). The van der Waals surface area contributed by atoms with Crippen LogP contribution < -0.4 is 10.1 Å². The van der Waals surface area contributed by atoms with Crippen LogP contribution in [0, 0.1) is 0 Å². The van der Waals surface area contributed by atoms with Crippen LogP contribution in [0.3, 0.4) is 0 Å². The molecular formula is C18H30N2O. The molecule has 1 fully saturated rings. The normalized spacial score (nSPS) is 20.2. The fourth-order valence-electron chi connectivity index (χ4n) is 3.16. The number of benzene rings is 1. The minimum atomic E-state index is 0.231. The molecule has 2 unspecified atom stereocenters. The van der Waals surface area contributed by atoms with Crippen molar-refractivity contribution in [2.24, 2.45) is 0 Å². The molecule has 0 amide bonds. The summed E-state index contributed by atoms with van der Waals surface area (Å²) in [5.41, 5.74) is 1.38. The third-order valence-electron chi connectivity index (χ3n) is 4.22. The summed E-state index contributed by atoms with van der Waals surface area (Å²) in [5, 5.41) is 3.49. The Morgan fingerprint density at radius 2 is 1.95 bits per heavy atom. The van der Waals surface area contributed by atoms with Gasteiger partial charge in [0.2, 0.25) is 0 Å². The van der Waals surface area contributed by atoms with E-state index in [1.807, 2.05) is 0 Å². The molecule has 3 nitrogen and oxygen atoms in total. The van der Waals surface area contributed by atoms with Crippen molar-refractivity contribution in [2.45, 2.75) is 58.7 Å². The predicted molar refractivity (Wildman–Crippen MR) is 88.9 cm³/mol. The summed E-state index contributed by atoms with van der Waals surface area (Å²) in [4.78, 5) is 2.65. The van der Waals surface area contributed by atoms with Crippen molar-refractivity contribution >= 4 is 0 Å². The van der Waals surface area contributed by atoms with Gasteiger partial charge in [-0.15, -0.1) is 0 Å². The van der Waals surface area contributed by atoms with Crippen LogP contribution in [0.25, 0.3) is 0 Å². The smallest absolute Gasteiger partial charge is 0.119 e. The van der Waals surface area contributed by atoms with Gasteiger partial charge in [-0.2, -0.15) is 0 Å². The SMILES string of the molecule is CCCN(C1CCNC1)C(C)c1ccc(OC(C)C)cc1. The summed E-state index contributed by atoms with van der Waals surface area (Å²) >= 11 is 0. The predicted octanol–water partition coefficient (Wildman–Crippen LogP) is 3.61. The quantitative estimate of drug-likeness (QED) is 0.830. The Bertz CT molecular complexity index is 410. The van der Waals surface area contributed by atoms with Crippen LogP contribution in [0.4, 0.5) is 0 Å². The van der Waals surface area contributed by atoms with Gasteiger partial charge in [0.1, 0.15) is 5.75 Å². The maximum atomic E-state index is 5.73. The van der Waals surface area contributed by atoms with Gasteiger partial charge in [0.05, 0.1) is 6.10 Å². The molecule has 3 heteroatoms. The van der Waals surface area contributed by atoms with Gasteiger partial charge in [0.15, 0.2) is 0 Å². The van der Waals surface area contributed by atoms with Gasteiger partial charge in [0.25, 0.3) is 0 Å². The van der Waals surface area contributed by atoms with E-state index in [1.54, 1.807) is 0 Å². The topological polar surface area (TPSA) is 24.5 Å². The molecule has 0 aromatic heterocycles. The average Bonchev–Trinajstić information content (AvgIpc) is 2.98. The molecule has 0 aliphatic carbocycles. The van der Waals surface area contributed by atoms with Gasteiger partial charge in [-0.25, -0.2) is 0 Å². The molecule has 1 aliphatic heterocycles. The van der Waals surface area contributed by atoms with E-state index in [1.165, 1.54) is 18.4 Å². The minimum Gasteiger partial charge on any atom is -0.491 e. The number of hydrogen-bond donors (Lipinski definition) is 1. The highest BCUT2D eigenvalue weighted by molar-refractivity contribution is 5.29. The van der Waals surface area contributed by atoms with E-state index >= 15 is 0 Å². The van der Waals surface area contributed by atoms with Gasteiger partial charge < -0.3 is 10.1 Å². The first-order valence-electron chi connectivity index (χ1n) is 8.35. The summed E-state index contributed by atoms with van der Waals surface area (Å²) in [5.74, 6) is 0.963. The van der Waals surface area contributed by atoms with Crippen molar-refractivity contribution in [3.63, 3.8) is 0 Å². The molecule has 1 heterocycles. The first-order chi connectivity index (χ1) is 10.1. The number of nitrogens with zero attached hydrogens (tertiary/aromatic N) is 1. The lowest BCUT2D eigenvalue weighted by molar-refractivity contribution is 0.153.